The van der Waals surface area contributed by atoms with E-state index in [9.17, 15) is 14.9 Å². The number of hydrogen-bond acceptors (Lipinski definition) is 7. The van der Waals surface area contributed by atoms with Crippen molar-refractivity contribution in [2.75, 3.05) is 19.5 Å². The van der Waals surface area contributed by atoms with Gasteiger partial charge in [0, 0.05) is 22.8 Å². The maximum absolute atomic E-state index is 13.3. The molecule has 10 heteroatoms. The Balaban J connectivity index is 1.51. The second kappa shape index (κ2) is 12.5. The van der Waals surface area contributed by atoms with Crippen LogP contribution in [0.5, 0.6) is 11.5 Å². The molecule has 2 aromatic heterocycles. The third-order valence-corrected chi connectivity index (χ3v) is 7.60. The molecule has 0 saturated heterocycles. The van der Waals surface area contributed by atoms with Gasteiger partial charge in [-0.3, -0.25) is 14.7 Å². The van der Waals surface area contributed by atoms with Crippen LogP contribution in [0.3, 0.4) is 0 Å². The standard InChI is InChI=1S/C32H27N5O4S/c1-20(31(39)35-29-18-30(38)37(36-29)22-12-8-5-9-13-22)42-32-26(19-33)24(17-27(34-32)21-10-6-4-7-11-21)25-16-23(40-2)14-15-28(25)41-3/h4-18,20,36H,1-3H3,(H,35,39). The number of nitrogens with zero attached hydrogens (tertiary/aromatic N) is 3. The van der Waals surface area contributed by atoms with Gasteiger partial charge in [-0.2, -0.15) is 5.26 Å². The summed E-state index contributed by atoms with van der Waals surface area (Å²) in [5.74, 6) is 1.06. The van der Waals surface area contributed by atoms with Gasteiger partial charge >= 0.3 is 0 Å². The minimum atomic E-state index is -0.667. The maximum atomic E-state index is 13.3. The summed E-state index contributed by atoms with van der Waals surface area (Å²) in [4.78, 5) is 30.6. The zero-order valence-electron chi connectivity index (χ0n) is 23.1. The van der Waals surface area contributed by atoms with Gasteiger partial charge in [0.25, 0.3) is 5.56 Å². The molecule has 0 spiro atoms. The number of rotatable bonds is 9. The van der Waals surface area contributed by atoms with E-state index in [1.54, 1.807) is 45.4 Å². The molecule has 0 radical (unpaired) electrons. The summed E-state index contributed by atoms with van der Waals surface area (Å²) < 4.78 is 12.4. The second-order valence-electron chi connectivity index (χ2n) is 9.21. The van der Waals surface area contributed by atoms with Crippen LogP contribution in [0.4, 0.5) is 5.82 Å². The fourth-order valence-corrected chi connectivity index (χ4v) is 5.32. The zero-order chi connectivity index (χ0) is 29.6. The van der Waals surface area contributed by atoms with E-state index in [1.807, 2.05) is 60.7 Å². The highest BCUT2D eigenvalue weighted by molar-refractivity contribution is 8.00. The number of thioether (sulfide) groups is 1. The predicted molar refractivity (Wildman–Crippen MR) is 163 cm³/mol. The van der Waals surface area contributed by atoms with Gasteiger partial charge < -0.3 is 14.8 Å². The molecule has 0 aliphatic carbocycles. The largest absolute Gasteiger partial charge is 0.497 e. The molecule has 1 atom stereocenters. The van der Waals surface area contributed by atoms with Gasteiger partial charge in [-0.1, -0.05) is 60.3 Å². The maximum Gasteiger partial charge on any atom is 0.273 e. The number of carbonyl (C=O) groups excluding carboxylic acids is 1. The van der Waals surface area contributed by atoms with Crippen molar-refractivity contribution in [3.63, 3.8) is 0 Å². The van der Waals surface area contributed by atoms with Crippen molar-refractivity contribution in [2.45, 2.75) is 17.2 Å². The van der Waals surface area contributed by atoms with Crippen LogP contribution in [0.25, 0.3) is 28.1 Å². The van der Waals surface area contributed by atoms with E-state index in [0.717, 1.165) is 17.3 Å². The number of nitriles is 1. The zero-order valence-corrected chi connectivity index (χ0v) is 23.9. The minimum Gasteiger partial charge on any atom is -0.497 e. The SMILES string of the molecule is COc1ccc(OC)c(-c2cc(-c3ccccc3)nc(SC(C)C(=O)Nc3cc(=O)n(-c4ccccc4)[nH]3)c2C#N)c1. The first kappa shape index (κ1) is 28.3. The molecule has 0 aliphatic heterocycles. The number of para-hydroxylation sites is 1. The van der Waals surface area contributed by atoms with E-state index in [2.05, 4.69) is 16.5 Å². The molecule has 0 bridgehead atoms. The lowest BCUT2D eigenvalue weighted by Crippen LogP contribution is -2.23. The molecule has 210 valence electrons. The topological polar surface area (TPSA) is 122 Å². The van der Waals surface area contributed by atoms with Crippen molar-refractivity contribution in [3.8, 4) is 45.6 Å². The summed E-state index contributed by atoms with van der Waals surface area (Å²) in [6, 6.07) is 29.5. The van der Waals surface area contributed by atoms with Crippen molar-refractivity contribution in [2.24, 2.45) is 0 Å². The Morgan fingerprint density at radius 3 is 2.36 bits per heavy atom. The highest BCUT2D eigenvalue weighted by Gasteiger charge is 2.23. The van der Waals surface area contributed by atoms with Crippen LogP contribution >= 0.6 is 11.8 Å². The molecule has 1 amide bonds. The summed E-state index contributed by atoms with van der Waals surface area (Å²) in [7, 11) is 3.13. The van der Waals surface area contributed by atoms with Gasteiger partial charge in [-0.25, -0.2) is 9.67 Å². The number of anilines is 1. The van der Waals surface area contributed by atoms with E-state index in [1.165, 1.54) is 10.7 Å². The number of pyridine rings is 1. The highest BCUT2D eigenvalue weighted by atomic mass is 32.2. The van der Waals surface area contributed by atoms with E-state index < -0.39 is 5.25 Å². The first-order valence-corrected chi connectivity index (χ1v) is 13.9. The first-order valence-electron chi connectivity index (χ1n) is 13.0. The van der Waals surface area contributed by atoms with Crippen LogP contribution < -0.4 is 20.3 Å². The van der Waals surface area contributed by atoms with Gasteiger partial charge in [0.1, 0.15) is 28.4 Å². The number of aromatic nitrogens is 3. The molecule has 1 unspecified atom stereocenters. The summed E-state index contributed by atoms with van der Waals surface area (Å²) >= 11 is 1.15. The van der Waals surface area contributed by atoms with Gasteiger partial charge in [-0.15, -0.1) is 0 Å². The highest BCUT2D eigenvalue weighted by Crippen LogP contribution is 2.40. The molecule has 9 nitrogen and oxygen atoms in total. The fraction of sp³-hybridized carbons (Fsp3) is 0.125. The summed E-state index contributed by atoms with van der Waals surface area (Å²) in [5, 5.41) is 15.7. The Labute approximate surface area is 246 Å². The van der Waals surface area contributed by atoms with Crippen LogP contribution in [-0.4, -0.2) is 40.1 Å². The third-order valence-electron chi connectivity index (χ3n) is 6.51. The molecule has 0 saturated carbocycles. The number of ether oxygens (including phenoxy) is 2. The molecular weight excluding hydrogens is 550 g/mol. The van der Waals surface area contributed by atoms with Crippen LogP contribution in [-0.2, 0) is 4.79 Å². The Hall–Kier alpha value is -5.27. The number of hydrogen-bond donors (Lipinski definition) is 2. The number of H-pyrrole nitrogens is 1. The summed E-state index contributed by atoms with van der Waals surface area (Å²) in [5.41, 5.74) is 3.38. The van der Waals surface area contributed by atoms with Crippen LogP contribution in [0.15, 0.2) is 101 Å². The molecular formula is C32H27N5O4S. The van der Waals surface area contributed by atoms with Crippen LogP contribution in [0.1, 0.15) is 12.5 Å². The van der Waals surface area contributed by atoms with E-state index in [4.69, 9.17) is 14.5 Å². The molecule has 0 fully saturated rings. The van der Waals surface area contributed by atoms with Gasteiger partial charge in [-0.05, 0) is 43.3 Å². The number of aromatic amines is 1. The Morgan fingerprint density at radius 2 is 1.69 bits per heavy atom. The molecule has 3 aromatic carbocycles. The minimum absolute atomic E-state index is 0.259. The molecule has 0 aliphatic rings. The van der Waals surface area contributed by atoms with Crippen molar-refractivity contribution in [1.29, 1.82) is 5.26 Å². The Kier molecular flexibility index (Phi) is 8.41. The first-order chi connectivity index (χ1) is 20.4. The fourth-order valence-electron chi connectivity index (χ4n) is 4.39. The lowest BCUT2D eigenvalue weighted by molar-refractivity contribution is -0.115. The van der Waals surface area contributed by atoms with E-state index in [-0.39, 0.29) is 17.3 Å². The van der Waals surface area contributed by atoms with Gasteiger partial charge in [0.2, 0.25) is 5.91 Å². The second-order valence-corrected chi connectivity index (χ2v) is 10.5. The Bertz CT molecular complexity index is 1830. The number of carbonyl (C=O) groups is 1. The number of amides is 1. The lowest BCUT2D eigenvalue weighted by atomic mass is 9.98. The molecule has 2 heterocycles. The lowest BCUT2D eigenvalue weighted by Gasteiger charge is -2.17. The van der Waals surface area contributed by atoms with Crippen LogP contribution in [0, 0.1) is 11.3 Å². The quantitative estimate of drug-likeness (QED) is 0.209. The Morgan fingerprint density at radius 1 is 0.976 bits per heavy atom. The molecule has 5 rings (SSSR count). The van der Waals surface area contributed by atoms with E-state index in [0.29, 0.717) is 44.6 Å². The number of benzene rings is 3. The smallest absolute Gasteiger partial charge is 0.273 e. The number of nitrogens with one attached hydrogen (secondary N) is 2. The van der Waals surface area contributed by atoms with Crippen molar-refractivity contribution in [3.05, 3.63) is 107 Å². The van der Waals surface area contributed by atoms with Crippen molar-refractivity contribution >= 4 is 23.5 Å². The van der Waals surface area contributed by atoms with Crippen molar-refractivity contribution < 1.29 is 14.3 Å². The molecule has 5 aromatic rings. The average molecular weight is 578 g/mol. The average Bonchev–Trinajstić information content (AvgIpc) is 3.40. The van der Waals surface area contributed by atoms with Gasteiger partial charge in [0.05, 0.1) is 36.4 Å². The predicted octanol–water partition coefficient (Wildman–Crippen LogP) is 5.90. The summed E-state index contributed by atoms with van der Waals surface area (Å²) in [6.45, 7) is 1.72. The monoisotopic (exact) mass is 577 g/mol. The number of methoxy groups -OCH3 is 2. The normalized spacial score (nSPS) is 11.4. The molecule has 42 heavy (non-hydrogen) atoms. The van der Waals surface area contributed by atoms with E-state index >= 15 is 0 Å². The van der Waals surface area contributed by atoms with Crippen molar-refractivity contribution in [1.82, 2.24) is 14.8 Å². The van der Waals surface area contributed by atoms with Gasteiger partial charge in [0.15, 0.2) is 0 Å². The third kappa shape index (κ3) is 5.92. The molecule has 2 N–H and O–H groups in total. The summed E-state index contributed by atoms with van der Waals surface area (Å²) in [6.07, 6.45) is 0. The van der Waals surface area contributed by atoms with Crippen LogP contribution in [0.2, 0.25) is 0 Å².